The number of hydrogen-bond acceptors (Lipinski definition) is 3. The molecule has 5 heteroatoms. The number of carbonyl (C=O) groups excluding carboxylic acids is 2. The van der Waals surface area contributed by atoms with E-state index in [1.165, 1.54) is 5.56 Å². The highest BCUT2D eigenvalue weighted by Crippen LogP contribution is 2.23. The predicted molar refractivity (Wildman–Crippen MR) is 93.3 cm³/mol. The molecule has 1 fully saturated rings. The van der Waals surface area contributed by atoms with Gasteiger partial charge in [-0.25, -0.2) is 0 Å². The summed E-state index contributed by atoms with van der Waals surface area (Å²) in [5.74, 6) is -0.335. The maximum atomic E-state index is 12.7. The Bertz CT molecular complexity index is 590. The lowest BCUT2D eigenvalue weighted by molar-refractivity contribution is -0.138. The number of aryl methyl sites for hydroxylation is 1. The zero-order valence-corrected chi connectivity index (χ0v) is 15.1. The van der Waals surface area contributed by atoms with Crippen LogP contribution in [-0.2, 0) is 16.1 Å². The van der Waals surface area contributed by atoms with Gasteiger partial charge in [-0.05, 0) is 33.3 Å². The Hall–Kier alpha value is -1.88. The first-order chi connectivity index (χ1) is 11.2. The van der Waals surface area contributed by atoms with E-state index in [9.17, 15) is 14.7 Å². The fraction of sp³-hybridized carbons (Fsp3) is 0.579. The molecule has 1 atom stereocenters. The lowest BCUT2D eigenvalue weighted by atomic mass is 10.0. The SMILES string of the molecule is CCN(CC(C)(C)O)C(=O)C1CC(=O)N(Cc2ccc(C)cc2)C1. The zero-order valence-electron chi connectivity index (χ0n) is 15.1. The van der Waals surface area contributed by atoms with Crippen molar-refractivity contribution in [2.45, 2.75) is 46.3 Å². The van der Waals surface area contributed by atoms with Crippen molar-refractivity contribution in [3.05, 3.63) is 35.4 Å². The van der Waals surface area contributed by atoms with E-state index < -0.39 is 5.60 Å². The molecule has 0 aromatic heterocycles. The Morgan fingerprint density at radius 2 is 1.96 bits per heavy atom. The van der Waals surface area contributed by atoms with Gasteiger partial charge in [0.25, 0.3) is 0 Å². The number of carbonyl (C=O) groups is 2. The van der Waals surface area contributed by atoms with E-state index in [2.05, 4.69) is 0 Å². The van der Waals surface area contributed by atoms with Gasteiger partial charge in [0.1, 0.15) is 0 Å². The Kier molecular flexibility index (Phi) is 5.65. The van der Waals surface area contributed by atoms with Gasteiger partial charge in [0.2, 0.25) is 11.8 Å². The lowest BCUT2D eigenvalue weighted by Gasteiger charge is -2.30. The molecule has 0 bridgehead atoms. The molecule has 1 aliphatic rings. The van der Waals surface area contributed by atoms with Gasteiger partial charge in [0, 0.05) is 32.6 Å². The Morgan fingerprint density at radius 3 is 2.50 bits per heavy atom. The summed E-state index contributed by atoms with van der Waals surface area (Å²) in [6, 6.07) is 8.09. The molecule has 2 rings (SSSR count). The molecule has 1 saturated heterocycles. The number of aliphatic hydroxyl groups is 1. The van der Waals surface area contributed by atoms with Crippen molar-refractivity contribution in [2.75, 3.05) is 19.6 Å². The summed E-state index contributed by atoms with van der Waals surface area (Å²) in [7, 11) is 0. The monoisotopic (exact) mass is 332 g/mol. The molecule has 0 saturated carbocycles. The Balaban J connectivity index is 2.00. The quantitative estimate of drug-likeness (QED) is 0.866. The normalized spacial score (nSPS) is 18.1. The van der Waals surface area contributed by atoms with E-state index in [0.29, 0.717) is 19.6 Å². The highest BCUT2D eigenvalue weighted by molar-refractivity contribution is 5.89. The second-order valence-corrected chi connectivity index (χ2v) is 7.33. The van der Waals surface area contributed by atoms with Crippen LogP contribution in [-0.4, -0.2) is 52.0 Å². The highest BCUT2D eigenvalue weighted by Gasteiger charge is 2.37. The van der Waals surface area contributed by atoms with Crippen LogP contribution >= 0.6 is 0 Å². The van der Waals surface area contributed by atoms with Crippen molar-refractivity contribution in [3.63, 3.8) is 0 Å². The molecule has 132 valence electrons. The number of benzene rings is 1. The van der Waals surface area contributed by atoms with Crippen LogP contribution in [0.5, 0.6) is 0 Å². The van der Waals surface area contributed by atoms with Crippen molar-refractivity contribution in [1.29, 1.82) is 0 Å². The highest BCUT2D eigenvalue weighted by atomic mass is 16.3. The van der Waals surface area contributed by atoms with Crippen LogP contribution in [0.2, 0.25) is 0 Å². The fourth-order valence-electron chi connectivity index (χ4n) is 3.08. The Morgan fingerprint density at radius 1 is 1.33 bits per heavy atom. The third-order valence-electron chi connectivity index (χ3n) is 4.33. The predicted octanol–water partition coefficient (Wildman–Crippen LogP) is 1.96. The van der Waals surface area contributed by atoms with Gasteiger partial charge in [0.05, 0.1) is 11.5 Å². The lowest BCUT2D eigenvalue weighted by Crippen LogP contribution is -2.45. The van der Waals surface area contributed by atoms with Gasteiger partial charge in [-0.2, -0.15) is 0 Å². The second kappa shape index (κ2) is 7.34. The van der Waals surface area contributed by atoms with Crippen LogP contribution in [0.1, 0.15) is 38.3 Å². The molecule has 1 unspecified atom stereocenters. The van der Waals surface area contributed by atoms with Crippen molar-refractivity contribution in [2.24, 2.45) is 5.92 Å². The average molecular weight is 332 g/mol. The molecule has 0 aliphatic carbocycles. The zero-order chi connectivity index (χ0) is 17.9. The molecular weight excluding hydrogens is 304 g/mol. The maximum Gasteiger partial charge on any atom is 0.228 e. The van der Waals surface area contributed by atoms with E-state index >= 15 is 0 Å². The van der Waals surface area contributed by atoms with Gasteiger partial charge in [0.15, 0.2) is 0 Å². The fourth-order valence-corrected chi connectivity index (χ4v) is 3.08. The van der Waals surface area contributed by atoms with E-state index in [1.54, 1.807) is 23.6 Å². The third-order valence-corrected chi connectivity index (χ3v) is 4.33. The van der Waals surface area contributed by atoms with E-state index in [-0.39, 0.29) is 30.7 Å². The largest absolute Gasteiger partial charge is 0.389 e. The summed E-state index contributed by atoms with van der Waals surface area (Å²) >= 11 is 0. The van der Waals surface area contributed by atoms with Gasteiger partial charge >= 0.3 is 0 Å². The molecule has 1 aromatic rings. The second-order valence-electron chi connectivity index (χ2n) is 7.33. The molecule has 1 aromatic carbocycles. The standard InChI is InChI=1S/C19H28N2O3/c1-5-20(13-19(3,4)24)18(23)16-10-17(22)21(12-16)11-15-8-6-14(2)7-9-15/h6-9,16,24H,5,10-13H2,1-4H3. The molecule has 1 heterocycles. The van der Waals surface area contributed by atoms with Crippen LogP contribution in [0.25, 0.3) is 0 Å². The summed E-state index contributed by atoms with van der Waals surface area (Å²) in [4.78, 5) is 28.3. The van der Waals surface area contributed by atoms with Crippen molar-refractivity contribution >= 4 is 11.8 Å². The molecule has 24 heavy (non-hydrogen) atoms. The third kappa shape index (κ3) is 4.81. The number of rotatable bonds is 6. The molecule has 5 nitrogen and oxygen atoms in total. The van der Waals surface area contributed by atoms with Gasteiger partial charge < -0.3 is 14.9 Å². The Labute approximate surface area is 144 Å². The smallest absolute Gasteiger partial charge is 0.228 e. The number of hydrogen-bond donors (Lipinski definition) is 1. The van der Waals surface area contributed by atoms with Gasteiger partial charge in [-0.15, -0.1) is 0 Å². The first-order valence-corrected chi connectivity index (χ1v) is 8.54. The summed E-state index contributed by atoms with van der Waals surface area (Å²) in [5, 5.41) is 9.96. The number of likely N-dealkylation sites (tertiary alicyclic amines) is 1. The molecule has 2 amide bonds. The summed E-state index contributed by atoms with van der Waals surface area (Å²) in [6.45, 7) is 9.11. The maximum absolute atomic E-state index is 12.7. The van der Waals surface area contributed by atoms with Crippen molar-refractivity contribution in [1.82, 2.24) is 9.80 Å². The number of amides is 2. The summed E-state index contributed by atoms with van der Waals surface area (Å²) in [6.07, 6.45) is 0.257. The molecule has 0 spiro atoms. The van der Waals surface area contributed by atoms with Crippen LogP contribution in [0.15, 0.2) is 24.3 Å². The number of likely N-dealkylation sites (N-methyl/N-ethyl adjacent to an activating group) is 1. The minimum absolute atomic E-state index is 0.0215. The van der Waals surface area contributed by atoms with E-state index in [1.807, 2.05) is 38.1 Å². The van der Waals surface area contributed by atoms with Crippen LogP contribution in [0.3, 0.4) is 0 Å². The summed E-state index contributed by atoms with van der Waals surface area (Å²) < 4.78 is 0. The molecule has 1 N–H and O–H groups in total. The average Bonchev–Trinajstić information content (AvgIpc) is 2.86. The molecule has 0 radical (unpaired) electrons. The summed E-state index contributed by atoms with van der Waals surface area (Å²) in [5.41, 5.74) is 1.33. The minimum atomic E-state index is -0.935. The van der Waals surface area contributed by atoms with Crippen molar-refractivity contribution in [3.8, 4) is 0 Å². The van der Waals surface area contributed by atoms with Gasteiger partial charge in [-0.3, -0.25) is 9.59 Å². The van der Waals surface area contributed by atoms with Crippen LogP contribution in [0, 0.1) is 12.8 Å². The first kappa shape index (κ1) is 18.5. The first-order valence-electron chi connectivity index (χ1n) is 8.54. The number of nitrogens with zero attached hydrogens (tertiary/aromatic N) is 2. The molecular formula is C19H28N2O3. The van der Waals surface area contributed by atoms with Crippen LogP contribution < -0.4 is 0 Å². The topological polar surface area (TPSA) is 60.9 Å². The van der Waals surface area contributed by atoms with Crippen molar-refractivity contribution < 1.29 is 14.7 Å². The molecule has 1 aliphatic heterocycles. The van der Waals surface area contributed by atoms with E-state index in [4.69, 9.17) is 0 Å². The minimum Gasteiger partial charge on any atom is -0.389 e. The van der Waals surface area contributed by atoms with E-state index in [0.717, 1.165) is 5.56 Å². The van der Waals surface area contributed by atoms with Gasteiger partial charge in [-0.1, -0.05) is 29.8 Å². The van der Waals surface area contributed by atoms with Crippen LogP contribution in [0.4, 0.5) is 0 Å².